The Hall–Kier alpha value is -1.69. The van der Waals surface area contributed by atoms with E-state index in [1.807, 2.05) is 0 Å². The summed E-state index contributed by atoms with van der Waals surface area (Å²) in [4.78, 5) is 22.0. The second-order valence-electron chi connectivity index (χ2n) is 4.71. The number of nitrogens with two attached hydrogens (primary N) is 2. The first-order chi connectivity index (χ1) is 8.63. The fourth-order valence-corrected chi connectivity index (χ4v) is 2.38. The van der Waals surface area contributed by atoms with Crippen molar-refractivity contribution in [1.82, 2.24) is 9.97 Å². The Labute approximate surface area is 106 Å². The van der Waals surface area contributed by atoms with Gasteiger partial charge in [-0.3, -0.25) is 9.78 Å². The number of nitrogens with zero attached hydrogens (tertiary/aromatic N) is 3. The number of rotatable bonds is 3. The maximum Gasteiger partial charge on any atom is 0.222 e. The number of anilines is 1. The number of amides is 1. The fraction of sp³-hybridized carbons (Fsp3) is 0.583. The lowest BCUT2D eigenvalue weighted by Gasteiger charge is -2.38. The minimum absolute atomic E-state index is 0.117. The molecule has 6 heteroatoms. The Morgan fingerprint density at radius 3 is 2.83 bits per heavy atom. The highest BCUT2D eigenvalue weighted by atomic mass is 16.1. The molecule has 2 unspecified atom stereocenters. The van der Waals surface area contributed by atoms with Crippen LogP contribution in [0.3, 0.4) is 0 Å². The van der Waals surface area contributed by atoms with Gasteiger partial charge in [0.15, 0.2) is 5.82 Å². The summed E-state index contributed by atoms with van der Waals surface area (Å²) in [7, 11) is 0. The summed E-state index contributed by atoms with van der Waals surface area (Å²) in [5, 5.41) is 0. The van der Waals surface area contributed by atoms with Gasteiger partial charge in [-0.2, -0.15) is 0 Å². The first-order valence-corrected chi connectivity index (χ1v) is 6.19. The van der Waals surface area contributed by atoms with Gasteiger partial charge in [0.05, 0.1) is 11.6 Å². The highest BCUT2D eigenvalue weighted by Gasteiger charge is 2.30. The highest BCUT2D eigenvalue weighted by Crippen LogP contribution is 2.27. The number of hydrogen-bond donors (Lipinski definition) is 2. The molecule has 0 aliphatic carbocycles. The molecule has 0 saturated carbocycles. The maximum absolute atomic E-state index is 11.3. The van der Waals surface area contributed by atoms with Gasteiger partial charge < -0.3 is 16.4 Å². The topological polar surface area (TPSA) is 98.1 Å². The van der Waals surface area contributed by atoms with Crippen molar-refractivity contribution in [2.45, 2.75) is 32.4 Å². The number of piperidine rings is 1. The van der Waals surface area contributed by atoms with Gasteiger partial charge in [0.1, 0.15) is 0 Å². The number of carbonyl (C=O) groups excluding carboxylic acids is 1. The molecule has 1 aliphatic rings. The van der Waals surface area contributed by atoms with Crippen molar-refractivity contribution < 1.29 is 4.79 Å². The van der Waals surface area contributed by atoms with Crippen LogP contribution < -0.4 is 16.4 Å². The van der Waals surface area contributed by atoms with Crippen molar-refractivity contribution in [2.75, 3.05) is 11.4 Å². The zero-order valence-electron chi connectivity index (χ0n) is 10.5. The SMILES string of the molecule is CC1CCC(C(N)=O)CN1c1nccnc1CN. The smallest absolute Gasteiger partial charge is 0.222 e. The van der Waals surface area contributed by atoms with E-state index in [2.05, 4.69) is 21.8 Å². The molecule has 1 aromatic heterocycles. The van der Waals surface area contributed by atoms with Crippen molar-refractivity contribution in [1.29, 1.82) is 0 Å². The van der Waals surface area contributed by atoms with Crippen LogP contribution in [0.25, 0.3) is 0 Å². The van der Waals surface area contributed by atoms with Gasteiger partial charge in [-0.25, -0.2) is 4.98 Å². The zero-order valence-corrected chi connectivity index (χ0v) is 10.5. The quantitative estimate of drug-likeness (QED) is 0.787. The summed E-state index contributed by atoms with van der Waals surface area (Å²) in [5.74, 6) is 0.414. The summed E-state index contributed by atoms with van der Waals surface area (Å²) in [6.45, 7) is 3.06. The molecule has 1 amide bonds. The molecular weight excluding hydrogens is 230 g/mol. The minimum atomic E-state index is -0.245. The third kappa shape index (κ3) is 2.43. The number of hydrogen-bond acceptors (Lipinski definition) is 5. The summed E-state index contributed by atoms with van der Waals surface area (Å²) in [6.07, 6.45) is 5.04. The molecule has 2 heterocycles. The molecule has 0 aromatic carbocycles. The molecule has 2 rings (SSSR count). The monoisotopic (exact) mass is 249 g/mol. The summed E-state index contributed by atoms with van der Waals surface area (Å²) in [6, 6.07) is 0.322. The molecule has 1 aliphatic heterocycles. The number of carbonyl (C=O) groups is 1. The summed E-state index contributed by atoms with van der Waals surface area (Å²) < 4.78 is 0. The lowest BCUT2D eigenvalue weighted by Crippen LogP contribution is -2.46. The van der Waals surface area contributed by atoms with Crippen LogP contribution in [0.1, 0.15) is 25.5 Å². The summed E-state index contributed by atoms with van der Waals surface area (Å²) in [5.41, 5.74) is 11.8. The molecule has 0 radical (unpaired) electrons. The van der Waals surface area contributed by atoms with Crippen LogP contribution in [0.2, 0.25) is 0 Å². The van der Waals surface area contributed by atoms with E-state index in [1.165, 1.54) is 0 Å². The third-order valence-corrected chi connectivity index (χ3v) is 3.50. The van der Waals surface area contributed by atoms with E-state index in [1.54, 1.807) is 12.4 Å². The van der Waals surface area contributed by atoms with Gasteiger partial charge in [-0.05, 0) is 19.8 Å². The predicted octanol–water partition coefficient (Wildman–Crippen LogP) is 0.0255. The van der Waals surface area contributed by atoms with Crippen molar-refractivity contribution in [3.05, 3.63) is 18.1 Å². The molecule has 2 atom stereocenters. The number of aromatic nitrogens is 2. The molecule has 98 valence electrons. The Morgan fingerprint density at radius 2 is 2.17 bits per heavy atom. The van der Waals surface area contributed by atoms with Gasteiger partial charge in [-0.1, -0.05) is 0 Å². The van der Waals surface area contributed by atoms with E-state index in [-0.39, 0.29) is 11.8 Å². The van der Waals surface area contributed by atoms with Crippen molar-refractivity contribution >= 4 is 11.7 Å². The Bertz CT molecular complexity index is 436. The Morgan fingerprint density at radius 1 is 1.44 bits per heavy atom. The lowest BCUT2D eigenvalue weighted by atomic mass is 9.93. The summed E-state index contributed by atoms with van der Waals surface area (Å²) >= 11 is 0. The van der Waals surface area contributed by atoms with E-state index in [0.29, 0.717) is 19.1 Å². The molecule has 6 nitrogen and oxygen atoms in total. The zero-order chi connectivity index (χ0) is 13.1. The Kier molecular flexibility index (Phi) is 3.76. The third-order valence-electron chi connectivity index (χ3n) is 3.50. The second kappa shape index (κ2) is 5.30. The minimum Gasteiger partial charge on any atom is -0.369 e. The molecule has 1 saturated heterocycles. The predicted molar refractivity (Wildman–Crippen MR) is 68.6 cm³/mol. The molecule has 0 spiro atoms. The molecular formula is C12H19N5O. The molecule has 0 bridgehead atoms. The van der Waals surface area contributed by atoms with Crippen LogP contribution in [0, 0.1) is 5.92 Å². The van der Waals surface area contributed by atoms with Gasteiger partial charge in [-0.15, -0.1) is 0 Å². The van der Waals surface area contributed by atoms with Crippen LogP contribution in [0.5, 0.6) is 0 Å². The normalized spacial score (nSPS) is 24.0. The van der Waals surface area contributed by atoms with Crippen LogP contribution in [-0.2, 0) is 11.3 Å². The molecule has 4 N–H and O–H groups in total. The maximum atomic E-state index is 11.3. The fourth-order valence-electron chi connectivity index (χ4n) is 2.38. The standard InChI is InChI=1S/C12H19N5O/c1-8-2-3-9(11(14)18)7-17(8)12-10(6-13)15-4-5-16-12/h4-5,8-9H,2-3,6-7,13H2,1H3,(H2,14,18). The van der Waals surface area contributed by atoms with Gasteiger partial charge in [0, 0.05) is 31.5 Å². The van der Waals surface area contributed by atoms with E-state index < -0.39 is 0 Å². The van der Waals surface area contributed by atoms with Crippen LogP contribution in [0.4, 0.5) is 5.82 Å². The van der Waals surface area contributed by atoms with Gasteiger partial charge in [0.2, 0.25) is 5.91 Å². The molecule has 1 aromatic rings. The highest BCUT2D eigenvalue weighted by molar-refractivity contribution is 5.77. The van der Waals surface area contributed by atoms with E-state index in [9.17, 15) is 4.79 Å². The molecule has 1 fully saturated rings. The largest absolute Gasteiger partial charge is 0.369 e. The van der Waals surface area contributed by atoms with Crippen LogP contribution in [0.15, 0.2) is 12.4 Å². The molecule has 18 heavy (non-hydrogen) atoms. The van der Waals surface area contributed by atoms with Crippen molar-refractivity contribution in [3.63, 3.8) is 0 Å². The van der Waals surface area contributed by atoms with Crippen molar-refractivity contribution in [2.24, 2.45) is 17.4 Å². The first-order valence-electron chi connectivity index (χ1n) is 6.19. The van der Waals surface area contributed by atoms with E-state index in [0.717, 1.165) is 24.4 Å². The second-order valence-corrected chi connectivity index (χ2v) is 4.71. The first kappa shape index (κ1) is 12.8. The van der Waals surface area contributed by atoms with E-state index >= 15 is 0 Å². The van der Waals surface area contributed by atoms with Crippen LogP contribution >= 0.6 is 0 Å². The Balaban J connectivity index is 2.26. The van der Waals surface area contributed by atoms with Gasteiger partial charge in [0.25, 0.3) is 0 Å². The van der Waals surface area contributed by atoms with Gasteiger partial charge >= 0.3 is 0 Å². The lowest BCUT2D eigenvalue weighted by molar-refractivity contribution is -0.122. The van der Waals surface area contributed by atoms with Crippen molar-refractivity contribution in [3.8, 4) is 0 Å². The average Bonchev–Trinajstić information content (AvgIpc) is 2.39. The van der Waals surface area contributed by atoms with Crippen LogP contribution in [-0.4, -0.2) is 28.5 Å². The average molecular weight is 249 g/mol. The van der Waals surface area contributed by atoms with E-state index in [4.69, 9.17) is 11.5 Å². The number of primary amides is 1.